The molecule has 7 heteroatoms. The van der Waals surface area contributed by atoms with Crippen LogP contribution in [0.2, 0.25) is 0 Å². The molecule has 0 bridgehead atoms. The van der Waals surface area contributed by atoms with Gasteiger partial charge in [0.1, 0.15) is 12.1 Å². The molecule has 1 amide bonds. The Morgan fingerprint density at radius 3 is 2.58 bits per heavy atom. The maximum absolute atomic E-state index is 13.2. The first-order valence-electron chi connectivity index (χ1n) is 12.6. The van der Waals surface area contributed by atoms with Crippen molar-refractivity contribution >= 4 is 22.6 Å². The van der Waals surface area contributed by atoms with Gasteiger partial charge in [-0.1, -0.05) is 12.1 Å². The molecule has 2 aromatic heterocycles. The summed E-state index contributed by atoms with van der Waals surface area (Å²) in [5.74, 6) is 1.07. The zero-order valence-corrected chi connectivity index (χ0v) is 20.8. The number of piperazine rings is 1. The second-order valence-corrected chi connectivity index (χ2v) is 9.88. The van der Waals surface area contributed by atoms with E-state index in [0.29, 0.717) is 0 Å². The number of amides is 1. The lowest BCUT2D eigenvalue weighted by molar-refractivity contribution is 0.0664. The number of aromatic nitrogens is 3. The molecule has 0 N–H and O–H groups in total. The molecule has 1 fully saturated rings. The largest absolute Gasteiger partial charge is 0.351 e. The second kappa shape index (κ2) is 9.32. The number of benzene rings is 2. The van der Waals surface area contributed by atoms with E-state index in [1.807, 2.05) is 23.2 Å². The van der Waals surface area contributed by atoms with Gasteiger partial charge in [-0.25, -0.2) is 9.97 Å². The number of likely N-dealkylation sites (N-methyl/N-ethyl adjacent to an activating group) is 1. The lowest BCUT2D eigenvalue weighted by atomic mass is 9.96. The van der Waals surface area contributed by atoms with Crippen LogP contribution < -0.4 is 4.90 Å². The van der Waals surface area contributed by atoms with E-state index < -0.39 is 0 Å². The fourth-order valence-corrected chi connectivity index (χ4v) is 5.35. The van der Waals surface area contributed by atoms with Crippen LogP contribution in [0, 0.1) is 6.92 Å². The van der Waals surface area contributed by atoms with Crippen molar-refractivity contribution in [2.45, 2.75) is 19.9 Å². The molecule has 4 aromatic rings. The number of fused-ring (bicyclic) bond motifs is 2. The van der Waals surface area contributed by atoms with Gasteiger partial charge in [-0.05, 0) is 73.0 Å². The Kier molecular flexibility index (Phi) is 5.85. The predicted molar refractivity (Wildman–Crippen MR) is 142 cm³/mol. The van der Waals surface area contributed by atoms with Crippen molar-refractivity contribution in [2.24, 2.45) is 0 Å². The summed E-state index contributed by atoms with van der Waals surface area (Å²) in [7, 11) is 2.10. The SMILES string of the molecule is Cc1cc(-c2cccnc2)cc2c(N3CCc4ccc(C(=O)N5CCN(C)CC5)cc4C3)ncnc12. The van der Waals surface area contributed by atoms with Gasteiger partial charge >= 0.3 is 0 Å². The normalized spacial score (nSPS) is 16.3. The van der Waals surface area contributed by atoms with Crippen LogP contribution in [0.4, 0.5) is 5.82 Å². The number of carbonyl (C=O) groups excluding carboxylic acids is 1. The summed E-state index contributed by atoms with van der Waals surface area (Å²) in [4.78, 5) is 33.4. The molecule has 1 saturated heterocycles. The summed E-state index contributed by atoms with van der Waals surface area (Å²) < 4.78 is 0. The first-order chi connectivity index (χ1) is 17.6. The Balaban J connectivity index is 1.32. The number of hydrogen-bond acceptors (Lipinski definition) is 6. The van der Waals surface area contributed by atoms with Crippen LogP contribution in [0.1, 0.15) is 27.0 Å². The molecule has 7 nitrogen and oxygen atoms in total. The quantitative estimate of drug-likeness (QED) is 0.444. The molecule has 2 aliphatic rings. The highest BCUT2D eigenvalue weighted by Gasteiger charge is 2.24. The molecule has 36 heavy (non-hydrogen) atoms. The Morgan fingerprint density at radius 2 is 1.78 bits per heavy atom. The molecule has 182 valence electrons. The molecule has 0 saturated carbocycles. The minimum absolute atomic E-state index is 0.132. The predicted octanol–water partition coefficient (Wildman–Crippen LogP) is 3.95. The summed E-state index contributed by atoms with van der Waals surface area (Å²) in [6, 6.07) is 14.6. The number of aryl methyl sites for hydroxylation is 1. The average molecular weight is 479 g/mol. The van der Waals surface area contributed by atoms with Crippen molar-refractivity contribution in [3.8, 4) is 11.1 Å². The lowest BCUT2D eigenvalue weighted by Crippen LogP contribution is -2.47. The molecule has 2 aliphatic heterocycles. The maximum Gasteiger partial charge on any atom is 0.253 e. The van der Waals surface area contributed by atoms with Crippen LogP contribution in [-0.2, 0) is 13.0 Å². The van der Waals surface area contributed by atoms with E-state index in [1.165, 1.54) is 11.1 Å². The van der Waals surface area contributed by atoms with Gasteiger partial charge in [0.25, 0.3) is 5.91 Å². The Labute approximate surface area is 211 Å². The van der Waals surface area contributed by atoms with Gasteiger partial charge in [0.2, 0.25) is 0 Å². The number of anilines is 1. The molecule has 0 spiro atoms. The number of pyridine rings is 1. The summed E-state index contributed by atoms with van der Waals surface area (Å²) in [6.07, 6.45) is 6.27. The van der Waals surface area contributed by atoms with Gasteiger partial charge in [-0.2, -0.15) is 0 Å². The Morgan fingerprint density at radius 1 is 0.917 bits per heavy atom. The minimum Gasteiger partial charge on any atom is -0.351 e. The van der Waals surface area contributed by atoms with Gasteiger partial charge in [0, 0.05) is 68.2 Å². The van der Waals surface area contributed by atoms with Crippen LogP contribution in [0.25, 0.3) is 22.0 Å². The van der Waals surface area contributed by atoms with Gasteiger partial charge in [-0.15, -0.1) is 0 Å². The molecular formula is C29H30N6O. The first-order valence-corrected chi connectivity index (χ1v) is 12.6. The molecule has 4 heterocycles. The van der Waals surface area contributed by atoms with E-state index in [2.05, 4.69) is 64.1 Å². The van der Waals surface area contributed by atoms with Crippen molar-refractivity contribution in [2.75, 3.05) is 44.7 Å². The van der Waals surface area contributed by atoms with Gasteiger partial charge in [0.15, 0.2) is 0 Å². The van der Waals surface area contributed by atoms with Crippen molar-refractivity contribution < 1.29 is 4.79 Å². The molecule has 2 aromatic carbocycles. The molecular weight excluding hydrogens is 448 g/mol. The Bertz CT molecular complexity index is 1430. The summed E-state index contributed by atoms with van der Waals surface area (Å²) in [6.45, 7) is 7.11. The van der Waals surface area contributed by atoms with E-state index in [9.17, 15) is 4.79 Å². The van der Waals surface area contributed by atoms with Crippen LogP contribution in [-0.4, -0.2) is 70.4 Å². The summed E-state index contributed by atoms with van der Waals surface area (Å²) in [5, 5.41) is 1.05. The number of carbonyl (C=O) groups is 1. The van der Waals surface area contributed by atoms with Crippen LogP contribution in [0.3, 0.4) is 0 Å². The molecule has 0 unspecified atom stereocenters. The highest BCUT2D eigenvalue weighted by molar-refractivity contribution is 5.96. The molecule has 6 rings (SSSR count). The van der Waals surface area contributed by atoms with E-state index in [0.717, 1.165) is 84.7 Å². The van der Waals surface area contributed by atoms with E-state index in [4.69, 9.17) is 4.98 Å². The van der Waals surface area contributed by atoms with Crippen molar-refractivity contribution in [3.05, 3.63) is 83.4 Å². The fourth-order valence-electron chi connectivity index (χ4n) is 5.35. The van der Waals surface area contributed by atoms with Crippen molar-refractivity contribution in [1.82, 2.24) is 24.8 Å². The third-order valence-electron chi connectivity index (χ3n) is 7.46. The first kappa shape index (κ1) is 22.6. The van der Waals surface area contributed by atoms with Crippen LogP contribution in [0.5, 0.6) is 0 Å². The van der Waals surface area contributed by atoms with Gasteiger partial charge < -0.3 is 14.7 Å². The van der Waals surface area contributed by atoms with Gasteiger partial charge in [-0.3, -0.25) is 9.78 Å². The number of hydrogen-bond donors (Lipinski definition) is 0. The maximum atomic E-state index is 13.2. The van der Waals surface area contributed by atoms with Crippen molar-refractivity contribution in [1.29, 1.82) is 0 Å². The topological polar surface area (TPSA) is 65.5 Å². The number of rotatable bonds is 3. The van der Waals surface area contributed by atoms with E-state index in [-0.39, 0.29) is 5.91 Å². The van der Waals surface area contributed by atoms with Crippen molar-refractivity contribution in [3.63, 3.8) is 0 Å². The monoisotopic (exact) mass is 478 g/mol. The standard InChI is InChI=1S/C29H30N6O/c1-20-14-24(23-4-3-8-30-17-23)16-26-27(20)31-19-32-28(26)35-9-7-21-5-6-22(15-25(21)18-35)29(36)34-12-10-33(2)11-13-34/h3-6,8,14-17,19H,7,9-13,18H2,1-2H3. The average Bonchev–Trinajstić information content (AvgIpc) is 2.92. The molecule has 0 aliphatic carbocycles. The third-order valence-corrected chi connectivity index (χ3v) is 7.46. The fraction of sp³-hybridized carbons (Fsp3) is 0.310. The molecule has 0 radical (unpaired) electrons. The number of nitrogens with zero attached hydrogens (tertiary/aromatic N) is 6. The van der Waals surface area contributed by atoms with Crippen LogP contribution in [0.15, 0.2) is 61.2 Å². The smallest absolute Gasteiger partial charge is 0.253 e. The van der Waals surface area contributed by atoms with E-state index >= 15 is 0 Å². The Hall–Kier alpha value is -3.84. The highest BCUT2D eigenvalue weighted by Crippen LogP contribution is 2.33. The summed E-state index contributed by atoms with van der Waals surface area (Å²) in [5.41, 5.74) is 7.57. The zero-order chi connectivity index (χ0) is 24.6. The lowest BCUT2D eigenvalue weighted by Gasteiger charge is -2.33. The van der Waals surface area contributed by atoms with Crippen LogP contribution >= 0.6 is 0 Å². The molecule has 0 atom stereocenters. The minimum atomic E-state index is 0.132. The summed E-state index contributed by atoms with van der Waals surface area (Å²) >= 11 is 0. The third kappa shape index (κ3) is 4.20. The van der Waals surface area contributed by atoms with E-state index in [1.54, 1.807) is 12.5 Å². The van der Waals surface area contributed by atoms with Gasteiger partial charge in [0.05, 0.1) is 5.52 Å². The highest BCUT2D eigenvalue weighted by atomic mass is 16.2. The second-order valence-electron chi connectivity index (χ2n) is 9.88. The zero-order valence-electron chi connectivity index (χ0n) is 20.8.